The van der Waals surface area contributed by atoms with Gasteiger partial charge in [-0.1, -0.05) is 38.4 Å². The molecule has 3 aromatic heterocycles. The smallest absolute Gasteiger partial charge is 0.217 e. The Morgan fingerprint density at radius 3 is 2.47 bits per heavy atom. The van der Waals surface area contributed by atoms with Crippen molar-refractivity contribution in [3.63, 3.8) is 0 Å². The van der Waals surface area contributed by atoms with Crippen LogP contribution < -0.4 is 4.74 Å². The minimum Gasteiger partial charge on any atom is -0.506 e. The third-order valence-electron chi connectivity index (χ3n) is 6.73. The summed E-state index contributed by atoms with van der Waals surface area (Å²) in [5.74, 6) is 1.77. The van der Waals surface area contributed by atoms with E-state index in [9.17, 15) is 5.11 Å². The maximum Gasteiger partial charge on any atom is 0.217 e. The molecule has 38 heavy (non-hydrogen) atoms. The molecule has 3 aromatic carbocycles. The second-order valence-corrected chi connectivity index (χ2v) is 10.5. The Kier molecular flexibility index (Phi) is 6.48. The number of aromatic nitrogens is 4. The molecule has 0 saturated carbocycles. The quantitative estimate of drug-likeness (QED) is 0.198. The minimum atomic E-state index is 0. The van der Waals surface area contributed by atoms with E-state index in [2.05, 4.69) is 70.6 Å². The van der Waals surface area contributed by atoms with E-state index in [1.807, 2.05) is 32.0 Å². The molecule has 6 nitrogen and oxygen atoms in total. The molecule has 3 heterocycles. The summed E-state index contributed by atoms with van der Waals surface area (Å²) < 4.78 is 8.26. The van der Waals surface area contributed by atoms with Crippen molar-refractivity contribution in [3.05, 3.63) is 89.9 Å². The van der Waals surface area contributed by atoms with Crippen LogP contribution in [-0.4, -0.2) is 24.6 Å². The molecule has 6 rings (SSSR count). The number of benzene rings is 3. The number of hydrogen-bond donors (Lipinski definition) is 1. The molecular formula is C31H27N4O2Pt-. The number of hydrogen-bond acceptors (Lipinski definition) is 5. The van der Waals surface area contributed by atoms with Crippen molar-refractivity contribution in [2.24, 2.45) is 0 Å². The molecular weight excluding hydrogens is 655 g/mol. The normalized spacial score (nSPS) is 11.7. The number of fused-ring (bicyclic) bond motifs is 4. The zero-order valence-corrected chi connectivity index (χ0v) is 24.1. The van der Waals surface area contributed by atoms with Crippen LogP contribution in [0.5, 0.6) is 17.4 Å². The largest absolute Gasteiger partial charge is 0.506 e. The van der Waals surface area contributed by atoms with Crippen molar-refractivity contribution in [1.82, 2.24) is 19.5 Å². The van der Waals surface area contributed by atoms with Crippen molar-refractivity contribution in [1.29, 1.82) is 0 Å². The fraction of sp³-hybridized carbons (Fsp3) is 0.194. The van der Waals surface area contributed by atoms with Crippen LogP contribution in [-0.2, 0) is 26.5 Å². The van der Waals surface area contributed by atoms with E-state index >= 15 is 0 Å². The monoisotopic (exact) mass is 682 g/mol. The zero-order chi connectivity index (χ0) is 25.9. The Labute approximate surface area is 235 Å². The van der Waals surface area contributed by atoms with E-state index in [-0.39, 0.29) is 32.2 Å². The first-order chi connectivity index (χ1) is 17.7. The van der Waals surface area contributed by atoms with E-state index in [4.69, 9.17) is 4.74 Å². The van der Waals surface area contributed by atoms with Crippen LogP contribution in [0.2, 0.25) is 0 Å². The molecule has 7 heteroatoms. The van der Waals surface area contributed by atoms with Crippen molar-refractivity contribution in [3.8, 4) is 23.2 Å². The number of phenols is 1. The van der Waals surface area contributed by atoms with Crippen LogP contribution in [0.3, 0.4) is 0 Å². The maximum absolute atomic E-state index is 10.5. The van der Waals surface area contributed by atoms with Gasteiger partial charge in [-0.2, -0.15) is 6.07 Å². The molecule has 0 spiro atoms. The summed E-state index contributed by atoms with van der Waals surface area (Å²) in [6.45, 7) is 10.6. The summed E-state index contributed by atoms with van der Waals surface area (Å²) in [5, 5.41) is 13.6. The Morgan fingerprint density at radius 1 is 0.921 bits per heavy atom. The van der Waals surface area contributed by atoms with Crippen LogP contribution in [0.1, 0.15) is 37.5 Å². The molecule has 0 aliphatic carbocycles. The first-order valence-electron chi connectivity index (χ1n) is 12.3. The van der Waals surface area contributed by atoms with Crippen molar-refractivity contribution in [2.75, 3.05) is 0 Å². The number of aromatic hydroxyl groups is 1. The second-order valence-electron chi connectivity index (χ2n) is 10.5. The van der Waals surface area contributed by atoms with Gasteiger partial charge in [0.15, 0.2) is 5.82 Å². The second kappa shape index (κ2) is 9.52. The van der Waals surface area contributed by atoms with Crippen molar-refractivity contribution in [2.45, 2.75) is 40.0 Å². The number of phenolic OH excluding ortho intramolecular Hbond substituents is 1. The molecule has 0 saturated heterocycles. The predicted molar refractivity (Wildman–Crippen MR) is 147 cm³/mol. The maximum atomic E-state index is 10.5. The van der Waals surface area contributed by atoms with Gasteiger partial charge in [-0.15, -0.1) is 17.5 Å². The van der Waals surface area contributed by atoms with Crippen LogP contribution in [0.4, 0.5) is 0 Å². The number of nitrogens with zero attached hydrogens (tertiary/aromatic N) is 4. The van der Waals surface area contributed by atoms with Gasteiger partial charge in [0.2, 0.25) is 5.88 Å². The summed E-state index contributed by atoms with van der Waals surface area (Å²) in [6, 6.07) is 19.6. The van der Waals surface area contributed by atoms with E-state index in [1.165, 1.54) is 5.56 Å². The first-order valence-corrected chi connectivity index (χ1v) is 12.3. The molecule has 194 valence electrons. The molecule has 0 fully saturated rings. The summed E-state index contributed by atoms with van der Waals surface area (Å²) in [4.78, 5) is 13.5. The van der Waals surface area contributed by atoms with Gasteiger partial charge in [-0.3, -0.25) is 4.98 Å². The summed E-state index contributed by atoms with van der Waals surface area (Å²) in [7, 11) is 0. The third kappa shape index (κ3) is 4.43. The molecule has 0 amide bonds. The number of aryl methyl sites for hydroxylation is 2. The first kappa shape index (κ1) is 25.9. The molecule has 1 N–H and O–H groups in total. The van der Waals surface area contributed by atoms with Crippen molar-refractivity contribution >= 4 is 32.7 Å². The summed E-state index contributed by atoms with van der Waals surface area (Å²) in [6.07, 6.45) is 5.10. The Balaban J connectivity index is 0.00000294. The van der Waals surface area contributed by atoms with E-state index in [1.54, 1.807) is 24.7 Å². The molecule has 0 aliphatic heterocycles. The Bertz CT molecular complexity index is 1820. The molecule has 0 atom stereocenters. The fourth-order valence-electron chi connectivity index (χ4n) is 4.84. The van der Waals surface area contributed by atoms with Gasteiger partial charge in [0, 0.05) is 56.2 Å². The molecule has 0 bridgehead atoms. The number of ether oxygens (including phenoxy) is 1. The minimum absolute atomic E-state index is 0. The van der Waals surface area contributed by atoms with Gasteiger partial charge in [-0.25, -0.2) is 9.97 Å². The van der Waals surface area contributed by atoms with Gasteiger partial charge < -0.3 is 14.4 Å². The van der Waals surface area contributed by atoms with Gasteiger partial charge in [0.1, 0.15) is 11.3 Å². The molecule has 0 unspecified atom stereocenters. The predicted octanol–water partition coefficient (Wildman–Crippen LogP) is 7.33. The van der Waals surface area contributed by atoms with E-state index in [0.29, 0.717) is 23.0 Å². The van der Waals surface area contributed by atoms with Gasteiger partial charge in [-0.05, 0) is 59.5 Å². The van der Waals surface area contributed by atoms with Crippen LogP contribution in [0, 0.1) is 19.9 Å². The van der Waals surface area contributed by atoms with Crippen LogP contribution in [0.25, 0.3) is 38.5 Å². The van der Waals surface area contributed by atoms with Crippen molar-refractivity contribution < 1.29 is 30.9 Å². The number of rotatable bonds is 3. The third-order valence-corrected chi connectivity index (χ3v) is 6.73. The summed E-state index contributed by atoms with van der Waals surface area (Å²) in [5.41, 5.74) is 5.62. The average Bonchev–Trinajstić information content (AvgIpc) is 3.18. The topological polar surface area (TPSA) is 73.1 Å². The van der Waals surface area contributed by atoms with Gasteiger partial charge in [0.05, 0.1) is 6.20 Å². The van der Waals surface area contributed by atoms with Gasteiger partial charge >= 0.3 is 0 Å². The standard InChI is InChI=1S/C31H27N4O2.Pt/c1-18-12-23-19(2)14-29(34-30(23)27(36)13-18)37-21-7-8-22-24-15-20(31(3,4)5)6-9-25(24)35(26(22)16-21)28-17-32-10-11-33-28;/h6-15,17,36H,1-5H3;/q-1;. The SMILES string of the molecule is Cc1cc(O)c2nc(Oc3[c-]c4c(cc3)c3cc(C(C)(C)C)ccc3n4-c3cnccn3)cc(C)c2c1.[Pt]. The average molecular weight is 683 g/mol. The van der Waals surface area contributed by atoms with Crippen LogP contribution >= 0.6 is 0 Å². The molecule has 6 aromatic rings. The fourth-order valence-corrected chi connectivity index (χ4v) is 4.84. The summed E-state index contributed by atoms with van der Waals surface area (Å²) >= 11 is 0. The van der Waals surface area contributed by atoms with E-state index in [0.717, 1.165) is 38.3 Å². The molecule has 0 radical (unpaired) electrons. The van der Waals surface area contributed by atoms with E-state index < -0.39 is 0 Å². The van der Waals surface area contributed by atoms with Crippen LogP contribution in [0.15, 0.2) is 67.1 Å². The molecule has 0 aliphatic rings. The van der Waals surface area contributed by atoms with Gasteiger partial charge in [0.25, 0.3) is 0 Å². The Morgan fingerprint density at radius 2 is 1.74 bits per heavy atom. The number of pyridine rings is 1. The zero-order valence-electron chi connectivity index (χ0n) is 21.8. The Hall–Kier alpha value is -3.76.